The normalized spacial score (nSPS) is 16.4. The minimum atomic E-state index is -3.75. The van der Waals surface area contributed by atoms with Crippen LogP contribution in [0.1, 0.15) is 0 Å². The molecule has 1 aromatic heterocycles. The van der Waals surface area contributed by atoms with Gasteiger partial charge in [-0.3, -0.25) is 0 Å². The van der Waals surface area contributed by atoms with E-state index in [2.05, 4.69) is 4.98 Å². The molecule has 0 amide bonds. The number of hydrogen-bond acceptors (Lipinski definition) is 4. The number of anilines is 1. The van der Waals surface area contributed by atoms with Crippen molar-refractivity contribution in [1.82, 2.24) is 9.29 Å². The quantitative estimate of drug-likeness (QED) is 0.782. The molecule has 1 saturated heterocycles. The number of benzene rings is 1. The van der Waals surface area contributed by atoms with Crippen LogP contribution < -0.4 is 4.90 Å². The van der Waals surface area contributed by atoms with Gasteiger partial charge < -0.3 is 4.90 Å². The Morgan fingerprint density at radius 3 is 2.04 bits per heavy atom. The van der Waals surface area contributed by atoms with E-state index in [1.807, 2.05) is 4.90 Å². The number of aromatic nitrogens is 1. The zero-order chi connectivity index (χ0) is 17.3. The van der Waals surface area contributed by atoms with Gasteiger partial charge in [-0.1, -0.05) is 40.9 Å². The van der Waals surface area contributed by atoms with Crippen LogP contribution in [0.5, 0.6) is 0 Å². The van der Waals surface area contributed by atoms with Crippen LogP contribution >= 0.6 is 34.8 Å². The zero-order valence-corrected chi connectivity index (χ0v) is 15.6. The Hall–Kier alpha value is -1.05. The molecule has 2 aromatic rings. The molecule has 1 aliphatic heterocycles. The second-order valence-corrected chi connectivity index (χ2v) is 8.35. The molecule has 0 unspecified atom stereocenters. The minimum Gasteiger partial charge on any atom is -0.353 e. The van der Waals surface area contributed by atoms with Crippen LogP contribution in [0.2, 0.25) is 15.1 Å². The summed E-state index contributed by atoms with van der Waals surface area (Å²) in [5.41, 5.74) is 0. The highest BCUT2D eigenvalue weighted by molar-refractivity contribution is 7.89. The summed E-state index contributed by atoms with van der Waals surface area (Å²) in [5.74, 6) is 0.659. The van der Waals surface area contributed by atoms with E-state index >= 15 is 0 Å². The van der Waals surface area contributed by atoms with Crippen LogP contribution in [0, 0.1) is 0 Å². The topological polar surface area (TPSA) is 53.5 Å². The van der Waals surface area contributed by atoms with Crippen LogP contribution in [0.15, 0.2) is 41.4 Å². The molecule has 9 heteroatoms. The smallest absolute Gasteiger partial charge is 0.246 e. The van der Waals surface area contributed by atoms with Crippen LogP contribution in [0.4, 0.5) is 5.82 Å². The van der Waals surface area contributed by atoms with Gasteiger partial charge in [0.15, 0.2) is 0 Å². The summed E-state index contributed by atoms with van der Waals surface area (Å²) in [6.07, 6.45) is 1.66. The number of halogens is 3. The fraction of sp³-hybridized carbons (Fsp3) is 0.267. The molecule has 0 aliphatic carbocycles. The number of rotatable bonds is 3. The second-order valence-electron chi connectivity index (χ2n) is 5.25. The predicted molar refractivity (Wildman–Crippen MR) is 96.7 cm³/mol. The molecular formula is C15H14Cl3N3O2S. The summed E-state index contributed by atoms with van der Waals surface area (Å²) in [4.78, 5) is 6.18. The maximum absolute atomic E-state index is 12.8. The molecule has 0 spiro atoms. The third-order valence-corrected chi connectivity index (χ3v) is 6.94. The van der Waals surface area contributed by atoms with Gasteiger partial charge in [0.1, 0.15) is 10.7 Å². The first-order valence-electron chi connectivity index (χ1n) is 7.21. The Morgan fingerprint density at radius 2 is 1.46 bits per heavy atom. The molecular weight excluding hydrogens is 393 g/mol. The highest BCUT2D eigenvalue weighted by Crippen LogP contribution is 2.32. The summed E-state index contributed by atoms with van der Waals surface area (Å²) in [6.45, 7) is 1.57. The maximum atomic E-state index is 12.8. The second kappa shape index (κ2) is 7.06. The SMILES string of the molecule is O=S(=O)(c1c(Cl)cccc1Cl)N1CCN(c2ncccc2Cl)CC1. The summed E-state index contributed by atoms with van der Waals surface area (Å²) in [5, 5.41) is 0.790. The maximum Gasteiger partial charge on any atom is 0.246 e. The van der Waals surface area contributed by atoms with E-state index < -0.39 is 10.0 Å². The van der Waals surface area contributed by atoms with Crippen LogP contribution in [-0.4, -0.2) is 43.9 Å². The zero-order valence-electron chi connectivity index (χ0n) is 12.5. The van der Waals surface area contributed by atoms with E-state index in [1.54, 1.807) is 24.4 Å². The molecule has 0 radical (unpaired) electrons. The molecule has 5 nitrogen and oxygen atoms in total. The fourth-order valence-corrected chi connectivity index (χ4v) is 5.36. The van der Waals surface area contributed by atoms with Crippen molar-refractivity contribution in [3.8, 4) is 0 Å². The van der Waals surface area contributed by atoms with Gasteiger partial charge in [-0.2, -0.15) is 4.31 Å². The van der Waals surface area contributed by atoms with Crippen molar-refractivity contribution in [3.63, 3.8) is 0 Å². The molecule has 0 atom stereocenters. The number of piperazine rings is 1. The predicted octanol–water partition coefficient (Wildman–Crippen LogP) is 3.55. The number of sulfonamides is 1. The van der Waals surface area contributed by atoms with Gasteiger partial charge in [-0.05, 0) is 24.3 Å². The van der Waals surface area contributed by atoms with Gasteiger partial charge in [0, 0.05) is 32.4 Å². The monoisotopic (exact) mass is 405 g/mol. The molecule has 24 heavy (non-hydrogen) atoms. The van der Waals surface area contributed by atoms with Crippen molar-refractivity contribution in [2.45, 2.75) is 4.90 Å². The van der Waals surface area contributed by atoms with E-state index in [1.165, 1.54) is 16.4 Å². The van der Waals surface area contributed by atoms with Gasteiger partial charge >= 0.3 is 0 Å². The van der Waals surface area contributed by atoms with Crippen molar-refractivity contribution in [3.05, 3.63) is 51.6 Å². The van der Waals surface area contributed by atoms with Gasteiger partial charge in [0.2, 0.25) is 10.0 Å². The lowest BCUT2D eigenvalue weighted by Gasteiger charge is -2.35. The average molecular weight is 407 g/mol. The summed E-state index contributed by atoms with van der Waals surface area (Å²) >= 11 is 18.3. The van der Waals surface area contributed by atoms with E-state index in [9.17, 15) is 8.42 Å². The van der Waals surface area contributed by atoms with Crippen molar-refractivity contribution >= 4 is 50.6 Å². The van der Waals surface area contributed by atoms with E-state index in [4.69, 9.17) is 34.8 Å². The lowest BCUT2D eigenvalue weighted by atomic mass is 10.3. The Balaban J connectivity index is 1.81. The van der Waals surface area contributed by atoms with E-state index in [-0.39, 0.29) is 14.9 Å². The largest absolute Gasteiger partial charge is 0.353 e. The molecule has 0 bridgehead atoms. The van der Waals surface area contributed by atoms with Gasteiger partial charge in [0.05, 0.1) is 15.1 Å². The van der Waals surface area contributed by atoms with E-state index in [0.717, 1.165) is 0 Å². The lowest BCUT2D eigenvalue weighted by molar-refractivity contribution is 0.384. The Labute approximate surface area is 155 Å². The Kier molecular flexibility index (Phi) is 5.22. The Morgan fingerprint density at radius 1 is 0.875 bits per heavy atom. The van der Waals surface area contributed by atoms with Crippen molar-refractivity contribution < 1.29 is 8.42 Å². The molecule has 2 heterocycles. The molecule has 0 saturated carbocycles. The minimum absolute atomic E-state index is 0.0438. The highest BCUT2D eigenvalue weighted by Gasteiger charge is 2.32. The van der Waals surface area contributed by atoms with Gasteiger partial charge in [-0.15, -0.1) is 0 Å². The standard InChI is InChI=1S/C15H14Cl3N3O2S/c16-11-3-1-4-12(17)14(11)24(22,23)21-9-7-20(8-10-21)15-13(18)5-2-6-19-15/h1-6H,7-10H2. The van der Waals surface area contributed by atoms with Gasteiger partial charge in [-0.25, -0.2) is 13.4 Å². The van der Waals surface area contributed by atoms with Crippen molar-refractivity contribution in [1.29, 1.82) is 0 Å². The molecule has 3 rings (SSSR count). The molecule has 1 aromatic carbocycles. The molecule has 0 N–H and O–H groups in total. The van der Waals surface area contributed by atoms with Crippen LogP contribution in [0.25, 0.3) is 0 Å². The molecule has 1 fully saturated rings. The summed E-state index contributed by atoms with van der Waals surface area (Å²) < 4.78 is 27.1. The Bertz CT molecular complexity index is 833. The van der Waals surface area contributed by atoms with Crippen molar-refractivity contribution in [2.75, 3.05) is 31.1 Å². The fourth-order valence-electron chi connectivity index (χ4n) is 2.61. The summed E-state index contributed by atoms with van der Waals surface area (Å²) in [6, 6.07) is 8.17. The van der Waals surface area contributed by atoms with Gasteiger partial charge in [0.25, 0.3) is 0 Å². The third kappa shape index (κ3) is 3.34. The molecule has 1 aliphatic rings. The summed E-state index contributed by atoms with van der Waals surface area (Å²) in [7, 11) is -3.75. The highest BCUT2D eigenvalue weighted by atomic mass is 35.5. The first kappa shape index (κ1) is 17.8. The number of nitrogens with zero attached hydrogens (tertiary/aromatic N) is 3. The first-order chi connectivity index (χ1) is 11.4. The molecule has 128 valence electrons. The van der Waals surface area contributed by atoms with Crippen molar-refractivity contribution in [2.24, 2.45) is 0 Å². The van der Waals surface area contributed by atoms with Crippen LogP contribution in [-0.2, 0) is 10.0 Å². The van der Waals surface area contributed by atoms with Crippen LogP contribution in [0.3, 0.4) is 0 Å². The van der Waals surface area contributed by atoms with E-state index in [0.29, 0.717) is 37.0 Å². The average Bonchev–Trinajstić information content (AvgIpc) is 2.55. The number of hydrogen-bond donors (Lipinski definition) is 0. The number of pyridine rings is 1. The lowest BCUT2D eigenvalue weighted by Crippen LogP contribution is -2.49. The third-order valence-electron chi connectivity index (χ3n) is 3.79. The first-order valence-corrected chi connectivity index (χ1v) is 9.78.